The second-order valence-corrected chi connectivity index (χ2v) is 11.1. The van der Waals surface area contributed by atoms with Crippen LogP contribution in [0.1, 0.15) is 50.8 Å². The van der Waals surface area contributed by atoms with Crippen molar-refractivity contribution >= 4 is 0 Å². The van der Waals surface area contributed by atoms with E-state index in [9.17, 15) is 13.9 Å². The molecular weight excluding hydrogens is 420 g/mol. The Morgan fingerprint density at radius 1 is 1.24 bits per heavy atom. The van der Waals surface area contributed by atoms with Gasteiger partial charge in [0.15, 0.2) is 5.82 Å². The number of halogens is 2. The Kier molecular flexibility index (Phi) is 5.52. The highest BCUT2D eigenvalue weighted by Crippen LogP contribution is 2.62. The molecule has 3 aliphatic carbocycles. The molecule has 2 aromatic rings. The summed E-state index contributed by atoms with van der Waals surface area (Å²) in [5.74, 6) is 0.179. The standard InChI is InChI=1S/C27H35F2N3O/c1-16-4-6-21-20(13-30)22(8-9-26(16,21)2)27(3)12-17-14-32(31-24(17)10-18(27)15-33)25-7-5-19(28)11-23(25)29/h5,7,11,14,18,20-22,33H,1,4,6,8-10,12-13,15,30H2,2-3H3/t18-,20+,21+,22+,26-,27+/m1/s1. The highest BCUT2D eigenvalue weighted by molar-refractivity contribution is 5.36. The lowest BCUT2D eigenvalue weighted by Crippen LogP contribution is -2.53. The second-order valence-electron chi connectivity index (χ2n) is 11.1. The molecule has 0 bridgehead atoms. The highest BCUT2D eigenvalue weighted by atomic mass is 19.1. The largest absolute Gasteiger partial charge is 0.396 e. The van der Waals surface area contributed by atoms with Gasteiger partial charge in [0, 0.05) is 18.9 Å². The van der Waals surface area contributed by atoms with E-state index in [0.717, 1.165) is 49.4 Å². The Hall–Kier alpha value is -2.05. The van der Waals surface area contributed by atoms with Gasteiger partial charge >= 0.3 is 0 Å². The van der Waals surface area contributed by atoms with E-state index in [1.165, 1.54) is 22.4 Å². The molecule has 0 spiro atoms. The maximum Gasteiger partial charge on any atom is 0.151 e. The molecule has 4 nitrogen and oxygen atoms in total. The normalized spacial score (nSPS) is 36.0. The SMILES string of the molecule is C=C1CC[C@H]2[C@H](CN)[C@@H]([C@@]3(C)Cc4cn(-c5ccc(F)cc5F)nc4C[C@@H]3CO)CC[C@]12C. The van der Waals surface area contributed by atoms with E-state index in [1.807, 2.05) is 6.20 Å². The molecule has 3 aliphatic rings. The van der Waals surface area contributed by atoms with Crippen molar-refractivity contribution in [2.75, 3.05) is 13.2 Å². The maximum atomic E-state index is 14.4. The first-order valence-corrected chi connectivity index (χ1v) is 12.2. The number of hydrogen-bond donors (Lipinski definition) is 2. The van der Waals surface area contributed by atoms with Crippen LogP contribution in [-0.4, -0.2) is 28.0 Å². The van der Waals surface area contributed by atoms with E-state index < -0.39 is 11.6 Å². The van der Waals surface area contributed by atoms with Gasteiger partial charge in [0.05, 0.1) is 5.69 Å². The number of nitrogens with two attached hydrogens (primary N) is 1. The van der Waals surface area contributed by atoms with Crippen molar-refractivity contribution in [3.05, 3.63) is 59.4 Å². The van der Waals surface area contributed by atoms with E-state index in [0.29, 0.717) is 30.7 Å². The molecule has 6 heteroatoms. The van der Waals surface area contributed by atoms with Crippen LogP contribution in [0.5, 0.6) is 0 Å². The number of aromatic nitrogens is 2. The van der Waals surface area contributed by atoms with Crippen molar-refractivity contribution in [3.8, 4) is 5.69 Å². The summed E-state index contributed by atoms with van der Waals surface area (Å²) in [5, 5.41) is 15.1. The third kappa shape index (κ3) is 3.40. The van der Waals surface area contributed by atoms with Gasteiger partial charge in [0.1, 0.15) is 11.5 Å². The first-order chi connectivity index (χ1) is 15.7. The van der Waals surface area contributed by atoms with Crippen molar-refractivity contribution in [1.29, 1.82) is 0 Å². The van der Waals surface area contributed by atoms with Crippen molar-refractivity contribution in [1.82, 2.24) is 9.78 Å². The van der Waals surface area contributed by atoms with Gasteiger partial charge in [-0.05, 0) is 97.3 Å². The minimum atomic E-state index is -0.632. The molecule has 0 saturated heterocycles. The lowest BCUT2D eigenvalue weighted by molar-refractivity contribution is -0.0536. The Labute approximate surface area is 194 Å². The zero-order valence-electron chi connectivity index (χ0n) is 19.7. The lowest BCUT2D eigenvalue weighted by Gasteiger charge is -2.55. The fourth-order valence-electron chi connectivity index (χ4n) is 7.63. The van der Waals surface area contributed by atoms with Crippen molar-refractivity contribution in [3.63, 3.8) is 0 Å². The highest BCUT2D eigenvalue weighted by Gasteiger charge is 2.56. The quantitative estimate of drug-likeness (QED) is 0.650. The van der Waals surface area contributed by atoms with Gasteiger partial charge in [0.2, 0.25) is 0 Å². The van der Waals surface area contributed by atoms with Crippen LogP contribution in [-0.2, 0) is 12.8 Å². The Balaban J connectivity index is 1.49. The molecule has 178 valence electrons. The molecule has 0 amide bonds. The predicted octanol–water partition coefficient (Wildman–Crippen LogP) is 4.82. The van der Waals surface area contributed by atoms with E-state index in [4.69, 9.17) is 5.73 Å². The summed E-state index contributed by atoms with van der Waals surface area (Å²) in [6, 6.07) is 3.56. The third-order valence-corrected chi connectivity index (χ3v) is 9.71. The Morgan fingerprint density at radius 2 is 2.03 bits per heavy atom. The van der Waals surface area contributed by atoms with E-state index in [2.05, 4.69) is 25.5 Å². The van der Waals surface area contributed by atoms with Gasteiger partial charge in [-0.25, -0.2) is 13.5 Å². The number of aliphatic hydroxyl groups excluding tert-OH is 1. The molecule has 2 fully saturated rings. The molecule has 6 atom stereocenters. The van der Waals surface area contributed by atoms with Gasteiger partial charge in [-0.15, -0.1) is 0 Å². The van der Waals surface area contributed by atoms with Gasteiger partial charge in [-0.2, -0.15) is 5.10 Å². The summed E-state index contributed by atoms with van der Waals surface area (Å²) >= 11 is 0. The number of fused-ring (bicyclic) bond motifs is 2. The number of nitrogens with zero attached hydrogens (tertiary/aromatic N) is 2. The maximum absolute atomic E-state index is 14.4. The van der Waals surface area contributed by atoms with Crippen molar-refractivity contribution in [2.24, 2.45) is 40.2 Å². The van der Waals surface area contributed by atoms with Gasteiger partial charge in [-0.3, -0.25) is 0 Å². The fourth-order valence-corrected chi connectivity index (χ4v) is 7.63. The molecule has 1 aromatic heterocycles. The zero-order valence-corrected chi connectivity index (χ0v) is 19.7. The zero-order chi connectivity index (χ0) is 23.5. The van der Waals surface area contributed by atoms with Gasteiger partial charge in [-0.1, -0.05) is 26.0 Å². The average molecular weight is 456 g/mol. The number of aliphatic hydroxyl groups is 1. The van der Waals surface area contributed by atoms with Crippen LogP contribution in [0.25, 0.3) is 5.69 Å². The summed E-state index contributed by atoms with van der Waals surface area (Å²) in [6.07, 6.45) is 7.77. The van der Waals surface area contributed by atoms with E-state index in [1.54, 1.807) is 0 Å². The minimum Gasteiger partial charge on any atom is -0.396 e. The summed E-state index contributed by atoms with van der Waals surface area (Å²) in [6.45, 7) is 9.82. The van der Waals surface area contributed by atoms with Crippen LogP contribution >= 0.6 is 0 Å². The summed E-state index contributed by atoms with van der Waals surface area (Å²) < 4.78 is 29.3. The Bertz CT molecular complexity index is 1080. The van der Waals surface area contributed by atoms with Gasteiger partial charge in [0.25, 0.3) is 0 Å². The summed E-state index contributed by atoms with van der Waals surface area (Å²) in [4.78, 5) is 0. The molecular formula is C27H35F2N3O. The molecule has 0 unspecified atom stereocenters. The predicted molar refractivity (Wildman–Crippen MR) is 125 cm³/mol. The van der Waals surface area contributed by atoms with Crippen LogP contribution in [0, 0.1) is 46.1 Å². The second kappa shape index (κ2) is 8.02. The molecule has 5 rings (SSSR count). The fraction of sp³-hybridized carbons (Fsp3) is 0.593. The first kappa shape index (κ1) is 22.7. The molecule has 3 N–H and O–H groups in total. The number of allylic oxidation sites excluding steroid dienone is 1. The molecule has 1 heterocycles. The molecule has 0 radical (unpaired) electrons. The lowest BCUT2D eigenvalue weighted by atomic mass is 9.49. The number of hydrogen-bond acceptors (Lipinski definition) is 3. The van der Waals surface area contributed by atoms with Crippen molar-refractivity contribution < 1.29 is 13.9 Å². The minimum absolute atomic E-state index is 0.0689. The molecule has 2 saturated carbocycles. The summed E-state index contributed by atoms with van der Waals surface area (Å²) in [7, 11) is 0. The number of rotatable bonds is 4. The average Bonchev–Trinajstić information content (AvgIpc) is 3.32. The molecule has 0 aliphatic heterocycles. The van der Waals surface area contributed by atoms with Crippen molar-refractivity contribution in [2.45, 2.75) is 52.4 Å². The molecule has 1 aromatic carbocycles. The topological polar surface area (TPSA) is 64.1 Å². The van der Waals surface area contributed by atoms with Crippen LogP contribution in [0.3, 0.4) is 0 Å². The first-order valence-electron chi connectivity index (χ1n) is 12.2. The monoisotopic (exact) mass is 455 g/mol. The molecule has 33 heavy (non-hydrogen) atoms. The van der Waals surface area contributed by atoms with Crippen LogP contribution in [0.2, 0.25) is 0 Å². The van der Waals surface area contributed by atoms with E-state index >= 15 is 0 Å². The van der Waals surface area contributed by atoms with E-state index in [-0.39, 0.29) is 29.0 Å². The smallest absolute Gasteiger partial charge is 0.151 e. The third-order valence-electron chi connectivity index (χ3n) is 9.71. The van der Waals surface area contributed by atoms with Crippen LogP contribution < -0.4 is 5.73 Å². The van der Waals surface area contributed by atoms with Crippen LogP contribution in [0.4, 0.5) is 8.78 Å². The Morgan fingerprint density at radius 3 is 2.73 bits per heavy atom. The number of benzene rings is 1. The summed E-state index contributed by atoms with van der Waals surface area (Å²) in [5.41, 5.74) is 10.1. The van der Waals surface area contributed by atoms with Gasteiger partial charge < -0.3 is 10.8 Å². The van der Waals surface area contributed by atoms with Crippen LogP contribution in [0.15, 0.2) is 36.5 Å².